The van der Waals surface area contributed by atoms with Crippen LogP contribution in [0, 0.1) is 0 Å². The first-order chi connectivity index (χ1) is 12.6. The van der Waals surface area contributed by atoms with E-state index in [1.807, 2.05) is 37.4 Å². The molecule has 0 atom stereocenters. The monoisotopic (exact) mass is 382 g/mol. The average molecular weight is 383 g/mol. The minimum absolute atomic E-state index is 0.578. The van der Waals surface area contributed by atoms with E-state index in [9.17, 15) is 8.42 Å². The highest BCUT2D eigenvalue weighted by molar-refractivity contribution is 7.86. The third-order valence-corrected chi connectivity index (χ3v) is 7.11. The van der Waals surface area contributed by atoms with Crippen LogP contribution in [-0.4, -0.2) is 99.4 Å². The lowest BCUT2D eigenvalue weighted by atomic mass is 10.3. The van der Waals surface area contributed by atoms with Crippen molar-refractivity contribution >= 4 is 10.2 Å². The summed E-state index contributed by atoms with van der Waals surface area (Å²) >= 11 is 0. The number of ether oxygens (including phenoxy) is 1. The van der Waals surface area contributed by atoms with E-state index in [4.69, 9.17) is 4.74 Å². The smallest absolute Gasteiger partial charge is 0.282 e. The number of piperazine rings is 2. The maximum atomic E-state index is 12.8. The molecule has 2 aliphatic heterocycles. The van der Waals surface area contributed by atoms with E-state index >= 15 is 0 Å². The van der Waals surface area contributed by atoms with Crippen molar-refractivity contribution in [2.75, 3.05) is 72.6 Å². The Labute approximate surface area is 157 Å². The molecule has 0 radical (unpaired) electrons. The number of para-hydroxylation sites is 1. The Morgan fingerprint density at radius 2 is 1.46 bits per heavy atom. The molecule has 0 N–H and O–H groups in total. The highest BCUT2D eigenvalue weighted by Crippen LogP contribution is 2.15. The van der Waals surface area contributed by atoms with Crippen LogP contribution in [0.5, 0.6) is 5.75 Å². The second kappa shape index (κ2) is 9.14. The lowest BCUT2D eigenvalue weighted by molar-refractivity contribution is 0.161. The van der Waals surface area contributed by atoms with Gasteiger partial charge in [-0.1, -0.05) is 18.2 Å². The Bertz CT molecular complexity index is 640. The highest BCUT2D eigenvalue weighted by Gasteiger charge is 2.33. The van der Waals surface area contributed by atoms with E-state index < -0.39 is 10.2 Å². The molecule has 0 amide bonds. The van der Waals surface area contributed by atoms with Crippen molar-refractivity contribution < 1.29 is 13.2 Å². The number of nitrogens with zero attached hydrogens (tertiary/aromatic N) is 4. The van der Waals surface area contributed by atoms with E-state index in [1.165, 1.54) is 0 Å². The molecule has 2 saturated heterocycles. The fourth-order valence-electron chi connectivity index (χ4n) is 3.36. The summed E-state index contributed by atoms with van der Waals surface area (Å²) in [6.45, 7) is 7.16. The predicted molar refractivity (Wildman–Crippen MR) is 103 cm³/mol. The maximum Gasteiger partial charge on any atom is 0.282 e. The molecule has 2 fully saturated rings. The van der Waals surface area contributed by atoms with Gasteiger partial charge < -0.3 is 14.5 Å². The van der Waals surface area contributed by atoms with Gasteiger partial charge in [0, 0.05) is 58.9 Å². The molecule has 1 aromatic rings. The molecule has 0 spiro atoms. The van der Waals surface area contributed by atoms with Gasteiger partial charge in [-0.3, -0.25) is 0 Å². The van der Waals surface area contributed by atoms with Crippen LogP contribution in [0.1, 0.15) is 6.42 Å². The van der Waals surface area contributed by atoms with Crippen LogP contribution in [-0.2, 0) is 10.2 Å². The first kappa shape index (κ1) is 19.6. The molecule has 146 valence electrons. The molecular weight excluding hydrogens is 352 g/mol. The van der Waals surface area contributed by atoms with Crippen LogP contribution in [0.3, 0.4) is 0 Å². The van der Waals surface area contributed by atoms with Crippen molar-refractivity contribution in [3.8, 4) is 5.75 Å². The highest BCUT2D eigenvalue weighted by atomic mass is 32.2. The standard InChI is InChI=1S/C18H30N4O3S/c1-19-9-13-21(14-10-19)26(23,24)22-15-11-20(12-16-22)8-5-17-25-18-6-3-2-4-7-18/h2-4,6-7H,5,8-17H2,1H3. The number of hydrogen-bond acceptors (Lipinski definition) is 5. The van der Waals surface area contributed by atoms with E-state index in [1.54, 1.807) is 8.61 Å². The zero-order chi connectivity index (χ0) is 18.4. The average Bonchev–Trinajstić information content (AvgIpc) is 2.67. The molecule has 0 aromatic heterocycles. The fraction of sp³-hybridized carbons (Fsp3) is 0.667. The van der Waals surface area contributed by atoms with Crippen LogP contribution in [0.2, 0.25) is 0 Å². The molecule has 8 heteroatoms. The summed E-state index contributed by atoms with van der Waals surface area (Å²) in [6, 6.07) is 9.83. The van der Waals surface area contributed by atoms with Gasteiger partial charge in [-0.2, -0.15) is 17.0 Å². The summed E-state index contributed by atoms with van der Waals surface area (Å²) < 4.78 is 34.5. The Kier molecular flexibility index (Phi) is 6.88. The number of rotatable bonds is 7. The lowest BCUT2D eigenvalue weighted by Crippen LogP contribution is -2.56. The van der Waals surface area contributed by atoms with Gasteiger partial charge in [0.25, 0.3) is 10.2 Å². The van der Waals surface area contributed by atoms with E-state index in [0.29, 0.717) is 32.8 Å². The Balaban J connectivity index is 1.37. The van der Waals surface area contributed by atoms with E-state index in [2.05, 4.69) is 9.80 Å². The molecule has 3 rings (SSSR count). The maximum absolute atomic E-state index is 12.8. The van der Waals surface area contributed by atoms with Crippen LogP contribution >= 0.6 is 0 Å². The normalized spacial score (nSPS) is 21.7. The van der Waals surface area contributed by atoms with Gasteiger partial charge in [0.15, 0.2) is 0 Å². The molecule has 26 heavy (non-hydrogen) atoms. The van der Waals surface area contributed by atoms with Crippen LogP contribution in [0.4, 0.5) is 0 Å². The van der Waals surface area contributed by atoms with Crippen molar-refractivity contribution in [2.24, 2.45) is 0 Å². The number of benzene rings is 1. The van der Waals surface area contributed by atoms with Gasteiger partial charge >= 0.3 is 0 Å². The van der Waals surface area contributed by atoms with Gasteiger partial charge in [0.1, 0.15) is 5.75 Å². The Morgan fingerprint density at radius 3 is 2.08 bits per heavy atom. The second-order valence-corrected chi connectivity index (χ2v) is 8.89. The van der Waals surface area contributed by atoms with Crippen LogP contribution in [0.15, 0.2) is 30.3 Å². The fourth-order valence-corrected chi connectivity index (χ4v) is 4.94. The molecule has 2 aliphatic rings. The quantitative estimate of drug-likeness (QED) is 0.645. The summed E-state index contributed by atoms with van der Waals surface area (Å²) in [6.07, 6.45) is 0.945. The van der Waals surface area contributed by atoms with Crippen LogP contribution < -0.4 is 4.74 Å². The summed E-state index contributed by atoms with van der Waals surface area (Å²) in [5.74, 6) is 0.899. The van der Waals surface area contributed by atoms with Gasteiger partial charge in [-0.05, 0) is 25.6 Å². The first-order valence-electron chi connectivity index (χ1n) is 9.40. The molecule has 0 aliphatic carbocycles. The third kappa shape index (κ3) is 5.17. The van der Waals surface area contributed by atoms with Gasteiger partial charge in [-0.25, -0.2) is 0 Å². The number of likely N-dealkylation sites (N-methyl/N-ethyl adjacent to an activating group) is 1. The van der Waals surface area contributed by atoms with Crippen LogP contribution in [0.25, 0.3) is 0 Å². The molecular formula is C18H30N4O3S. The molecule has 2 heterocycles. The Morgan fingerprint density at radius 1 is 0.885 bits per heavy atom. The summed E-state index contributed by atoms with van der Waals surface area (Å²) in [5, 5.41) is 0. The molecule has 0 unspecified atom stereocenters. The minimum Gasteiger partial charge on any atom is -0.494 e. The van der Waals surface area contributed by atoms with E-state index in [-0.39, 0.29) is 0 Å². The molecule has 1 aromatic carbocycles. The van der Waals surface area contributed by atoms with Gasteiger partial charge in [0.2, 0.25) is 0 Å². The van der Waals surface area contributed by atoms with Crippen molar-refractivity contribution in [1.82, 2.24) is 18.4 Å². The first-order valence-corrected chi connectivity index (χ1v) is 10.8. The molecule has 7 nitrogen and oxygen atoms in total. The summed E-state index contributed by atoms with van der Waals surface area (Å²) in [7, 11) is -1.27. The van der Waals surface area contributed by atoms with Crippen molar-refractivity contribution in [3.05, 3.63) is 30.3 Å². The van der Waals surface area contributed by atoms with Crippen molar-refractivity contribution in [2.45, 2.75) is 6.42 Å². The molecule has 0 bridgehead atoms. The molecule has 0 saturated carbocycles. The van der Waals surface area contributed by atoms with Crippen molar-refractivity contribution in [1.29, 1.82) is 0 Å². The zero-order valence-electron chi connectivity index (χ0n) is 15.6. The largest absolute Gasteiger partial charge is 0.494 e. The topological polar surface area (TPSA) is 56.3 Å². The Hall–Kier alpha value is -1.19. The minimum atomic E-state index is -3.30. The van der Waals surface area contributed by atoms with Gasteiger partial charge in [0.05, 0.1) is 6.61 Å². The lowest BCUT2D eigenvalue weighted by Gasteiger charge is -2.39. The summed E-state index contributed by atoms with van der Waals surface area (Å²) in [4.78, 5) is 4.49. The predicted octanol–water partition coefficient (Wildman–Crippen LogP) is 0.565. The third-order valence-electron chi connectivity index (χ3n) is 5.08. The number of hydrogen-bond donors (Lipinski definition) is 0. The van der Waals surface area contributed by atoms with Crippen molar-refractivity contribution in [3.63, 3.8) is 0 Å². The second-order valence-electron chi connectivity index (χ2n) is 6.97. The van der Waals surface area contributed by atoms with E-state index in [0.717, 1.165) is 44.9 Å². The summed E-state index contributed by atoms with van der Waals surface area (Å²) in [5.41, 5.74) is 0. The zero-order valence-corrected chi connectivity index (χ0v) is 16.4. The van der Waals surface area contributed by atoms with Gasteiger partial charge in [-0.15, -0.1) is 0 Å². The SMILES string of the molecule is CN1CCN(S(=O)(=O)N2CCN(CCCOc3ccccc3)CC2)CC1.